The summed E-state index contributed by atoms with van der Waals surface area (Å²) < 4.78 is 5.68. The maximum absolute atomic E-state index is 12.0. The first-order valence-corrected chi connectivity index (χ1v) is 8.18. The van der Waals surface area contributed by atoms with Crippen molar-refractivity contribution in [1.29, 1.82) is 0 Å². The molecule has 0 aliphatic carbocycles. The molecular weight excluding hydrogens is 312 g/mol. The number of rotatable bonds is 5. The van der Waals surface area contributed by atoms with E-state index >= 15 is 0 Å². The van der Waals surface area contributed by atoms with Crippen LogP contribution in [0.1, 0.15) is 39.2 Å². The molecule has 1 aromatic rings. The van der Waals surface area contributed by atoms with Crippen LogP contribution in [0.25, 0.3) is 0 Å². The van der Waals surface area contributed by atoms with E-state index in [4.69, 9.17) is 4.74 Å². The first-order valence-electron chi connectivity index (χ1n) is 8.18. The molecule has 0 aromatic heterocycles. The highest BCUT2D eigenvalue weighted by Gasteiger charge is 2.20. The van der Waals surface area contributed by atoms with E-state index in [2.05, 4.69) is 43.5 Å². The number of halogens is 1. The molecule has 0 atom stereocenters. The molecule has 1 amide bonds. The summed E-state index contributed by atoms with van der Waals surface area (Å²) in [7, 11) is 0. The van der Waals surface area contributed by atoms with E-state index in [1.807, 2.05) is 12.1 Å². The van der Waals surface area contributed by atoms with Crippen molar-refractivity contribution in [2.75, 3.05) is 26.2 Å². The molecule has 0 saturated carbocycles. The van der Waals surface area contributed by atoms with Gasteiger partial charge >= 0.3 is 0 Å². The molecule has 2 rings (SSSR count). The Kier molecular flexibility index (Phi) is 7.86. The molecule has 4 nitrogen and oxygen atoms in total. The lowest BCUT2D eigenvalue weighted by molar-refractivity contribution is -0.125. The minimum Gasteiger partial charge on any atom is -0.492 e. The minimum atomic E-state index is 0. The molecular formula is C18H29ClN2O2. The summed E-state index contributed by atoms with van der Waals surface area (Å²) in [6.45, 7) is 9.52. The number of benzene rings is 1. The number of hydrogen-bond donors (Lipinski definition) is 2. The summed E-state index contributed by atoms with van der Waals surface area (Å²) in [4.78, 5) is 12.0. The van der Waals surface area contributed by atoms with Gasteiger partial charge in [0.1, 0.15) is 12.4 Å². The van der Waals surface area contributed by atoms with Crippen LogP contribution in [-0.2, 0) is 10.2 Å². The Labute approximate surface area is 145 Å². The zero-order valence-electron chi connectivity index (χ0n) is 14.4. The Morgan fingerprint density at radius 2 is 1.83 bits per heavy atom. The molecule has 1 aliphatic heterocycles. The van der Waals surface area contributed by atoms with E-state index in [1.54, 1.807) is 0 Å². The number of carbonyl (C=O) groups is 1. The van der Waals surface area contributed by atoms with Crippen molar-refractivity contribution in [3.63, 3.8) is 0 Å². The van der Waals surface area contributed by atoms with Gasteiger partial charge < -0.3 is 15.4 Å². The molecule has 130 valence electrons. The third-order valence-corrected chi connectivity index (χ3v) is 4.10. The molecule has 1 aromatic carbocycles. The molecule has 1 fully saturated rings. The minimum absolute atomic E-state index is 0. The van der Waals surface area contributed by atoms with Crippen LogP contribution in [0.2, 0.25) is 0 Å². The van der Waals surface area contributed by atoms with E-state index in [0.29, 0.717) is 13.2 Å². The summed E-state index contributed by atoms with van der Waals surface area (Å²) >= 11 is 0. The largest absolute Gasteiger partial charge is 0.492 e. The molecule has 23 heavy (non-hydrogen) atoms. The highest BCUT2D eigenvalue weighted by atomic mass is 35.5. The van der Waals surface area contributed by atoms with Gasteiger partial charge in [-0.2, -0.15) is 0 Å². The average molecular weight is 341 g/mol. The average Bonchev–Trinajstić information content (AvgIpc) is 2.52. The maximum atomic E-state index is 12.0. The third kappa shape index (κ3) is 6.40. The topological polar surface area (TPSA) is 50.4 Å². The standard InChI is InChI=1S/C18H28N2O2.ClH/c1-18(2,3)15-4-6-16(7-5-15)22-13-12-20-17(21)14-8-10-19-11-9-14;/h4-7,14,19H,8-13H2,1-3H3,(H,20,21);1H. The molecule has 5 heteroatoms. The summed E-state index contributed by atoms with van der Waals surface area (Å²) in [5.74, 6) is 1.17. The van der Waals surface area contributed by atoms with Crippen molar-refractivity contribution in [1.82, 2.24) is 10.6 Å². The van der Waals surface area contributed by atoms with Crippen LogP contribution in [0.3, 0.4) is 0 Å². The number of amides is 1. The molecule has 1 heterocycles. The molecule has 2 N–H and O–H groups in total. The lowest BCUT2D eigenvalue weighted by atomic mass is 9.87. The van der Waals surface area contributed by atoms with Gasteiger partial charge in [0, 0.05) is 5.92 Å². The molecule has 0 bridgehead atoms. The van der Waals surface area contributed by atoms with Crippen LogP contribution in [0.5, 0.6) is 5.75 Å². The zero-order chi connectivity index (χ0) is 16.0. The number of nitrogens with one attached hydrogen (secondary N) is 2. The Hall–Kier alpha value is -1.26. The van der Waals surface area contributed by atoms with E-state index in [9.17, 15) is 4.79 Å². The SMILES string of the molecule is CC(C)(C)c1ccc(OCCNC(=O)C2CCNCC2)cc1.Cl. The molecule has 0 unspecified atom stereocenters. The van der Waals surface area contributed by atoms with Gasteiger partial charge in [-0.3, -0.25) is 4.79 Å². The second-order valence-corrected chi connectivity index (χ2v) is 6.94. The Morgan fingerprint density at radius 1 is 1.22 bits per heavy atom. The quantitative estimate of drug-likeness (QED) is 0.810. The molecule has 0 radical (unpaired) electrons. The van der Waals surface area contributed by atoms with Gasteiger partial charge in [-0.1, -0.05) is 32.9 Å². The normalized spacial score (nSPS) is 15.6. The molecule has 1 saturated heterocycles. The first kappa shape index (κ1) is 19.8. The second kappa shape index (κ2) is 9.14. The van der Waals surface area contributed by atoms with Crippen LogP contribution >= 0.6 is 12.4 Å². The monoisotopic (exact) mass is 340 g/mol. The lowest BCUT2D eigenvalue weighted by Crippen LogP contribution is -2.39. The van der Waals surface area contributed by atoms with Crippen molar-refractivity contribution in [2.24, 2.45) is 5.92 Å². The summed E-state index contributed by atoms with van der Waals surface area (Å²) in [5, 5.41) is 6.24. The number of carbonyl (C=O) groups excluding carboxylic acids is 1. The van der Waals surface area contributed by atoms with Crippen molar-refractivity contribution < 1.29 is 9.53 Å². The fourth-order valence-corrected chi connectivity index (χ4v) is 2.62. The van der Waals surface area contributed by atoms with Gasteiger partial charge in [-0.15, -0.1) is 12.4 Å². The zero-order valence-corrected chi connectivity index (χ0v) is 15.2. The number of piperidine rings is 1. The van der Waals surface area contributed by atoms with Gasteiger partial charge in [-0.25, -0.2) is 0 Å². The van der Waals surface area contributed by atoms with Gasteiger partial charge in [0.15, 0.2) is 0 Å². The summed E-state index contributed by atoms with van der Waals surface area (Å²) in [6, 6.07) is 8.19. The van der Waals surface area contributed by atoms with Crippen molar-refractivity contribution in [2.45, 2.75) is 39.0 Å². The van der Waals surface area contributed by atoms with Gasteiger partial charge in [0.2, 0.25) is 5.91 Å². The molecule has 0 spiro atoms. The third-order valence-electron chi connectivity index (χ3n) is 4.10. The van der Waals surface area contributed by atoms with Crippen LogP contribution in [0.15, 0.2) is 24.3 Å². The fraction of sp³-hybridized carbons (Fsp3) is 0.611. The predicted molar refractivity (Wildman–Crippen MR) is 96.5 cm³/mol. The van der Waals surface area contributed by atoms with Gasteiger partial charge in [-0.05, 0) is 49.0 Å². The van der Waals surface area contributed by atoms with Crippen LogP contribution in [0.4, 0.5) is 0 Å². The van der Waals surface area contributed by atoms with E-state index in [1.165, 1.54) is 5.56 Å². The van der Waals surface area contributed by atoms with Gasteiger partial charge in [0.25, 0.3) is 0 Å². The predicted octanol–water partition coefficient (Wildman–Crippen LogP) is 2.90. The van der Waals surface area contributed by atoms with Crippen molar-refractivity contribution >= 4 is 18.3 Å². The van der Waals surface area contributed by atoms with E-state index < -0.39 is 0 Å². The fourth-order valence-electron chi connectivity index (χ4n) is 2.62. The summed E-state index contributed by atoms with van der Waals surface area (Å²) in [6.07, 6.45) is 1.86. The Balaban J connectivity index is 0.00000264. The van der Waals surface area contributed by atoms with Crippen molar-refractivity contribution in [3.05, 3.63) is 29.8 Å². The second-order valence-electron chi connectivity index (χ2n) is 6.94. The van der Waals surface area contributed by atoms with Crippen LogP contribution in [-0.4, -0.2) is 32.1 Å². The first-order chi connectivity index (χ1) is 10.5. The van der Waals surface area contributed by atoms with Gasteiger partial charge in [0.05, 0.1) is 6.54 Å². The molecule has 1 aliphatic rings. The van der Waals surface area contributed by atoms with E-state index in [-0.39, 0.29) is 29.6 Å². The Bertz CT molecular complexity index is 477. The smallest absolute Gasteiger partial charge is 0.223 e. The highest BCUT2D eigenvalue weighted by Crippen LogP contribution is 2.24. The Morgan fingerprint density at radius 3 is 2.39 bits per heavy atom. The number of hydrogen-bond acceptors (Lipinski definition) is 3. The van der Waals surface area contributed by atoms with Crippen LogP contribution < -0.4 is 15.4 Å². The highest BCUT2D eigenvalue weighted by molar-refractivity contribution is 5.85. The maximum Gasteiger partial charge on any atom is 0.223 e. The van der Waals surface area contributed by atoms with Crippen LogP contribution in [0, 0.1) is 5.92 Å². The lowest BCUT2D eigenvalue weighted by Gasteiger charge is -2.21. The summed E-state index contributed by atoms with van der Waals surface area (Å²) in [5.41, 5.74) is 1.44. The van der Waals surface area contributed by atoms with Crippen molar-refractivity contribution in [3.8, 4) is 5.75 Å². The number of ether oxygens (including phenoxy) is 1. The van der Waals surface area contributed by atoms with E-state index in [0.717, 1.165) is 31.7 Å².